The largest absolute Gasteiger partial charge is 0.359 e. The van der Waals surface area contributed by atoms with Crippen LogP contribution in [0.4, 0.5) is 5.69 Å². The first-order valence-electron chi connectivity index (χ1n) is 11.5. The predicted octanol–water partition coefficient (Wildman–Crippen LogP) is 3.68. The van der Waals surface area contributed by atoms with E-state index in [0.29, 0.717) is 6.04 Å². The van der Waals surface area contributed by atoms with Gasteiger partial charge in [0.15, 0.2) is 0 Å². The molecule has 2 aliphatic rings. The average molecular weight is 433 g/mol. The van der Waals surface area contributed by atoms with Crippen molar-refractivity contribution in [2.45, 2.75) is 45.7 Å². The second-order valence-electron chi connectivity index (χ2n) is 10.2. The fourth-order valence-electron chi connectivity index (χ4n) is 5.41. The molecule has 2 aliphatic heterocycles. The van der Waals surface area contributed by atoms with Crippen LogP contribution in [0.5, 0.6) is 0 Å². The highest BCUT2D eigenvalue weighted by Gasteiger charge is 2.45. The van der Waals surface area contributed by atoms with Gasteiger partial charge in [0.05, 0.1) is 22.9 Å². The molecular formula is C25H32N6O. The second-order valence-corrected chi connectivity index (χ2v) is 10.2. The number of carbonyl (C=O) groups excluding carboxylic acids is 1. The quantitative estimate of drug-likeness (QED) is 0.658. The van der Waals surface area contributed by atoms with Gasteiger partial charge in [-0.25, -0.2) is 9.97 Å². The molecule has 3 aromatic rings. The Morgan fingerprint density at radius 2 is 2.12 bits per heavy atom. The number of anilines is 1. The fraction of sp³-hybridized carbons (Fsp3) is 0.480. The van der Waals surface area contributed by atoms with Crippen LogP contribution in [0.2, 0.25) is 0 Å². The van der Waals surface area contributed by atoms with Crippen LogP contribution in [0.15, 0.2) is 36.7 Å². The average Bonchev–Trinajstić information content (AvgIpc) is 3.45. The molecule has 168 valence electrons. The Labute approximate surface area is 189 Å². The number of rotatable bonds is 4. The van der Waals surface area contributed by atoms with Crippen molar-refractivity contribution in [2.24, 2.45) is 5.41 Å². The van der Waals surface area contributed by atoms with Gasteiger partial charge in [-0.1, -0.05) is 26.0 Å². The molecule has 0 aliphatic carbocycles. The molecule has 0 spiro atoms. The van der Waals surface area contributed by atoms with Gasteiger partial charge in [-0.05, 0) is 50.9 Å². The first-order chi connectivity index (χ1) is 15.3. The molecule has 7 heteroatoms. The number of benzene rings is 1. The first kappa shape index (κ1) is 21.1. The predicted molar refractivity (Wildman–Crippen MR) is 127 cm³/mol. The van der Waals surface area contributed by atoms with E-state index < -0.39 is 0 Å². The van der Waals surface area contributed by atoms with Crippen LogP contribution < -0.4 is 5.32 Å². The molecule has 2 fully saturated rings. The van der Waals surface area contributed by atoms with E-state index in [9.17, 15) is 4.79 Å². The molecule has 0 saturated carbocycles. The minimum atomic E-state index is -0.101. The summed E-state index contributed by atoms with van der Waals surface area (Å²) in [5.41, 5.74) is 3.77. The van der Waals surface area contributed by atoms with Crippen LogP contribution in [0.25, 0.3) is 22.2 Å². The Kier molecular flexibility index (Phi) is 5.26. The summed E-state index contributed by atoms with van der Waals surface area (Å²) in [6.45, 7) is 9.53. The summed E-state index contributed by atoms with van der Waals surface area (Å²) in [6, 6.07) is 8.29. The zero-order valence-corrected chi connectivity index (χ0v) is 19.4. The third-order valence-electron chi connectivity index (χ3n) is 6.92. The normalized spacial score (nSPS) is 23.8. The van der Waals surface area contributed by atoms with Gasteiger partial charge in [0, 0.05) is 42.5 Å². The van der Waals surface area contributed by atoms with Crippen molar-refractivity contribution in [3.63, 3.8) is 0 Å². The first-order valence-corrected chi connectivity index (χ1v) is 11.5. The van der Waals surface area contributed by atoms with Crippen molar-refractivity contribution >= 4 is 22.5 Å². The minimum Gasteiger partial charge on any atom is -0.359 e. The summed E-state index contributed by atoms with van der Waals surface area (Å²) in [7, 11) is 2.17. The molecule has 1 aromatic carbocycles. The number of carbonyl (C=O) groups is 1. The van der Waals surface area contributed by atoms with Crippen molar-refractivity contribution in [3.05, 3.63) is 42.5 Å². The van der Waals surface area contributed by atoms with E-state index >= 15 is 0 Å². The highest BCUT2D eigenvalue weighted by molar-refractivity contribution is 6.06. The number of nitrogens with one attached hydrogen (secondary N) is 2. The number of likely N-dealkylation sites (N-methyl/N-ethyl adjacent to an activating group) is 1. The molecule has 7 nitrogen and oxygen atoms in total. The van der Waals surface area contributed by atoms with E-state index in [-0.39, 0.29) is 17.4 Å². The number of aromatic amines is 1. The van der Waals surface area contributed by atoms with Crippen molar-refractivity contribution < 1.29 is 4.79 Å². The molecule has 5 rings (SSSR count). The fourth-order valence-corrected chi connectivity index (χ4v) is 5.41. The summed E-state index contributed by atoms with van der Waals surface area (Å²) < 4.78 is 0. The van der Waals surface area contributed by atoms with E-state index in [4.69, 9.17) is 0 Å². The SMILES string of the molecule is Cc1nccc(-c2c[nH]c3c(NC(=O)[C@H]4CC(C)(C)CN4C4CCN(C)C4)cccc23)n1. The zero-order valence-electron chi connectivity index (χ0n) is 19.4. The molecular weight excluding hydrogens is 400 g/mol. The summed E-state index contributed by atoms with van der Waals surface area (Å²) in [4.78, 5) is 30.5. The Morgan fingerprint density at radius 1 is 1.28 bits per heavy atom. The molecule has 1 amide bonds. The van der Waals surface area contributed by atoms with E-state index in [2.05, 4.69) is 57.0 Å². The highest BCUT2D eigenvalue weighted by Crippen LogP contribution is 2.38. The second kappa shape index (κ2) is 7.98. The van der Waals surface area contributed by atoms with Gasteiger partial charge < -0.3 is 15.2 Å². The van der Waals surface area contributed by atoms with Crippen LogP contribution >= 0.6 is 0 Å². The molecule has 2 atom stereocenters. The maximum Gasteiger partial charge on any atom is 0.241 e. The van der Waals surface area contributed by atoms with Crippen LogP contribution in [0, 0.1) is 12.3 Å². The number of hydrogen-bond acceptors (Lipinski definition) is 5. The minimum absolute atomic E-state index is 0.0895. The Hall–Kier alpha value is -2.77. The Balaban J connectivity index is 1.42. The summed E-state index contributed by atoms with van der Waals surface area (Å²) in [6.07, 6.45) is 5.75. The van der Waals surface area contributed by atoms with Gasteiger partial charge in [-0.3, -0.25) is 9.69 Å². The molecule has 2 aromatic heterocycles. The van der Waals surface area contributed by atoms with Crippen LogP contribution in [-0.4, -0.2) is 69.4 Å². The molecule has 4 heterocycles. The maximum atomic E-state index is 13.5. The van der Waals surface area contributed by atoms with Gasteiger partial charge in [-0.2, -0.15) is 0 Å². The maximum absolute atomic E-state index is 13.5. The van der Waals surface area contributed by atoms with E-state index in [1.807, 2.05) is 31.3 Å². The summed E-state index contributed by atoms with van der Waals surface area (Å²) in [5.74, 6) is 0.828. The number of aryl methyl sites for hydroxylation is 1. The molecule has 0 radical (unpaired) electrons. The number of amides is 1. The number of nitrogens with zero attached hydrogens (tertiary/aromatic N) is 4. The van der Waals surface area contributed by atoms with Crippen LogP contribution in [0.1, 0.15) is 32.5 Å². The molecule has 0 bridgehead atoms. The third-order valence-corrected chi connectivity index (χ3v) is 6.92. The number of aromatic nitrogens is 3. The van der Waals surface area contributed by atoms with Gasteiger partial charge in [0.25, 0.3) is 0 Å². The lowest BCUT2D eigenvalue weighted by Crippen LogP contribution is -2.46. The van der Waals surface area contributed by atoms with Gasteiger partial charge in [0.1, 0.15) is 5.82 Å². The zero-order chi connectivity index (χ0) is 22.5. The van der Waals surface area contributed by atoms with Crippen LogP contribution in [0.3, 0.4) is 0 Å². The molecule has 1 unspecified atom stereocenters. The summed E-state index contributed by atoms with van der Waals surface area (Å²) >= 11 is 0. The van der Waals surface area contributed by atoms with Crippen LogP contribution in [-0.2, 0) is 4.79 Å². The Bertz CT molecular complexity index is 1150. The number of hydrogen-bond donors (Lipinski definition) is 2. The van der Waals surface area contributed by atoms with Crippen molar-refractivity contribution in [1.29, 1.82) is 0 Å². The topological polar surface area (TPSA) is 77.2 Å². The van der Waals surface area contributed by atoms with E-state index in [1.165, 1.54) is 0 Å². The lowest BCUT2D eigenvalue weighted by molar-refractivity contribution is -0.121. The van der Waals surface area contributed by atoms with Gasteiger partial charge >= 0.3 is 0 Å². The van der Waals surface area contributed by atoms with Crippen molar-refractivity contribution in [2.75, 3.05) is 32.0 Å². The molecule has 32 heavy (non-hydrogen) atoms. The third kappa shape index (κ3) is 3.91. The van der Waals surface area contributed by atoms with Crippen molar-refractivity contribution in [3.8, 4) is 11.3 Å². The summed E-state index contributed by atoms with van der Waals surface area (Å²) in [5, 5.41) is 4.29. The smallest absolute Gasteiger partial charge is 0.241 e. The monoisotopic (exact) mass is 432 g/mol. The highest BCUT2D eigenvalue weighted by atomic mass is 16.2. The van der Waals surface area contributed by atoms with E-state index in [0.717, 1.165) is 66.1 Å². The number of H-pyrrole nitrogens is 1. The number of fused-ring (bicyclic) bond motifs is 1. The van der Waals surface area contributed by atoms with E-state index in [1.54, 1.807) is 6.20 Å². The number of para-hydroxylation sites is 1. The Morgan fingerprint density at radius 3 is 2.88 bits per heavy atom. The van der Waals surface area contributed by atoms with Gasteiger partial charge in [-0.15, -0.1) is 0 Å². The standard InChI is InChI=1S/C25H32N6O/c1-16-26-10-8-20(28-16)19-13-27-23-18(19)6-5-7-21(23)29-24(32)22-12-25(2,3)15-31(22)17-9-11-30(4)14-17/h5-8,10,13,17,22,27H,9,11-12,14-15H2,1-4H3,(H,29,32)/t17?,22-/m1/s1. The van der Waals surface area contributed by atoms with Crippen molar-refractivity contribution in [1.82, 2.24) is 24.8 Å². The van der Waals surface area contributed by atoms with Gasteiger partial charge in [0.2, 0.25) is 5.91 Å². The lowest BCUT2D eigenvalue weighted by atomic mass is 9.90. The number of likely N-dealkylation sites (tertiary alicyclic amines) is 2. The molecule has 2 N–H and O–H groups in total. The molecule has 2 saturated heterocycles. The lowest BCUT2D eigenvalue weighted by Gasteiger charge is -2.30.